The maximum atomic E-state index is 11.0. The lowest BCUT2D eigenvalue weighted by molar-refractivity contribution is -0.148. The van der Waals surface area contributed by atoms with E-state index in [1.807, 2.05) is 0 Å². The van der Waals surface area contributed by atoms with Crippen molar-refractivity contribution in [3.8, 4) is 24.7 Å². The third-order valence-corrected chi connectivity index (χ3v) is 1.55. The Labute approximate surface area is 92.9 Å². The summed E-state index contributed by atoms with van der Waals surface area (Å²) in [6, 6.07) is 0. The Morgan fingerprint density at radius 1 is 1.20 bits per heavy atom. The maximum absolute atomic E-state index is 11.0. The molecule has 0 amide bonds. The fourth-order valence-electron chi connectivity index (χ4n) is 0.614. The summed E-state index contributed by atoms with van der Waals surface area (Å²) in [5.41, 5.74) is 0. The summed E-state index contributed by atoms with van der Waals surface area (Å²) in [5, 5.41) is -1.11. The summed E-state index contributed by atoms with van der Waals surface area (Å²) in [7, 11) is 0. The molecule has 0 fully saturated rings. The lowest BCUT2D eigenvalue weighted by Gasteiger charge is -2.06. The maximum Gasteiger partial charge on any atom is 0.325 e. The summed E-state index contributed by atoms with van der Waals surface area (Å²) < 4.78 is 9.01. The molecule has 0 saturated heterocycles. The highest BCUT2D eigenvalue weighted by Gasteiger charge is 2.21. The average Bonchev–Trinajstić information content (AvgIpc) is 2.22. The Morgan fingerprint density at radius 3 is 2.27 bits per heavy atom. The quantitative estimate of drug-likeness (QED) is 0.387. The lowest BCUT2D eigenvalue weighted by atomic mass is 10.3. The van der Waals surface area contributed by atoms with Gasteiger partial charge in [-0.2, -0.15) is 0 Å². The minimum absolute atomic E-state index is 0.151. The van der Waals surface area contributed by atoms with Gasteiger partial charge in [0.2, 0.25) is 0 Å². The summed E-state index contributed by atoms with van der Waals surface area (Å²) >= 11 is 5.55. The van der Waals surface area contributed by atoms with Crippen molar-refractivity contribution in [1.29, 1.82) is 0 Å². The summed E-state index contributed by atoms with van der Waals surface area (Å²) in [6.45, 7) is -0.330. The molecule has 0 spiro atoms. The number of carbonyl (C=O) groups excluding carboxylic acids is 2. The Balaban J connectivity index is 3.87. The summed E-state index contributed by atoms with van der Waals surface area (Å²) in [4.78, 5) is 22.0. The molecule has 1 atom stereocenters. The molecule has 0 saturated carbocycles. The predicted molar refractivity (Wildman–Crippen MR) is 53.8 cm³/mol. The van der Waals surface area contributed by atoms with Gasteiger partial charge in [0, 0.05) is 0 Å². The van der Waals surface area contributed by atoms with Crippen LogP contribution in [0.4, 0.5) is 0 Å². The van der Waals surface area contributed by atoms with E-state index in [2.05, 4.69) is 21.3 Å². The van der Waals surface area contributed by atoms with Crippen LogP contribution in [0.15, 0.2) is 0 Å². The van der Waals surface area contributed by atoms with Gasteiger partial charge in [-0.05, 0) is 0 Å². The number of hydrogen-bond donors (Lipinski definition) is 0. The number of alkyl halides is 1. The highest BCUT2D eigenvalue weighted by Crippen LogP contribution is 2.05. The van der Waals surface area contributed by atoms with Crippen LogP contribution in [0.1, 0.15) is 6.42 Å². The molecular weight excluding hydrogens is 220 g/mol. The fraction of sp³-hybridized carbons (Fsp3) is 0.400. The van der Waals surface area contributed by atoms with Crippen LogP contribution in [-0.2, 0) is 19.1 Å². The molecule has 15 heavy (non-hydrogen) atoms. The second kappa shape index (κ2) is 7.73. The second-order valence-electron chi connectivity index (χ2n) is 2.35. The van der Waals surface area contributed by atoms with E-state index in [1.54, 1.807) is 0 Å². The first-order chi connectivity index (χ1) is 7.11. The molecule has 0 aliphatic rings. The van der Waals surface area contributed by atoms with Gasteiger partial charge in [0.05, 0.1) is 6.42 Å². The first-order valence-electron chi connectivity index (χ1n) is 3.95. The normalized spacial score (nSPS) is 10.6. The van der Waals surface area contributed by atoms with Crippen molar-refractivity contribution in [3.05, 3.63) is 0 Å². The van der Waals surface area contributed by atoms with Crippen LogP contribution < -0.4 is 0 Å². The van der Waals surface area contributed by atoms with Crippen molar-refractivity contribution >= 4 is 23.5 Å². The van der Waals surface area contributed by atoms with Crippen LogP contribution in [0, 0.1) is 24.7 Å². The van der Waals surface area contributed by atoms with Crippen LogP contribution in [0.5, 0.6) is 0 Å². The number of hydrogen-bond acceptors (Lipinski definition) is 4. The van der Waals surface area contributed by atoms with Crippen molar-refractivity contribution in [2.75, 3.05) is 13.2 Å². The van der Waals surface area contributed by atoms with Crippen LogP contribution >= 0.6 is 11.6 Å². The van der Waals surface area contributed by atoms with Crippen LogP contribution in [0.2, 0.25) is 0 Å². The molecule has 0 N–H and O–H groups in total. The molecule has 0 heterocycles. The summed E-state index contributed by atoms with van der Waals surface area (Å²) in [6.07, 6.45) is 9.42. The molecule has 1 unspecified atom stereocenters. The zero-order valence-electron chi connectivity index (χ0n) is 7.86. The standard InChI is InChI=1S/C10H9ClO4/c1-3-5-14-9(12)7-8(11)10(13)15-6-4-2/h1-2,8H,5-7H2. The Bertz CT molecular complexity index is 310. The van der Waals surface area contributed by atoms with E-state index in [1.165, 1.54) is 0 Å². The van der Waals surface area contributed by atoms with Crippen LogP contribution in [0.25, 0.3) is 0 Å². The SMILES string of the molecule is C#CCOC(=O)CC(Cl)C(=O)OCC#C. The van der Waals surface area contributed by atoms with Crippen molar-refractivity contribution in [2.45, 2.75) is 11.8 Å². The first kappa shape index (κ1) is 13.4. The number of esters is 2. The molecule has 5 heteroatoms. The molecule has 0 aliphatic carbocycles. The van der Waals surface area contributed by atoms with Crippen molar-refractivity contribution in [3.63, 3.8) is 0 Å². The highest BCUT2D eigenvalue weighted by atomic mass is 35.5. The third kappa shape index (κ3) is 6.42. The van der Waals surface area contributed by atoms with Crippen molar-refractivity contribution in [2.24, 2.45) is 0 Å². The van der Waals surface area contributed by atoms with E-state index in [-0.39, 0.29) is 19.6 Å². The zero-order valence-corrected chi connectivity index (χ0v) is 8.62. The van der Waals surface area contributed by atoms with Gasteiger partial charge >= 0.3 is 11.9 Å². The summed E-state index contributed by atoms with van der Waals surface area (Å²) in [5.74, 6) is 2.78. The topological polar surface area (TPSA) is 52.6 Å². The molecule has 0 aromatic carbocycles. The monoisotopic (exact) mass is 228 g/mol. The molecule has 0 aromatic rings. The van der Waals surface area contributed by atoms with Crippen LogP contribution in [-0.4, -0.2) is 30.5 Å². The van der Waals surface area contributed by atoms with E-state index in [0.717, 1.165) is 0 Å². The van der Waals surface area contributed by atoms with Crippen LogP contribution in [0.3, 0.4) is 0 Å². The van der Waals surface area contributed by atoms with E-state index in [9.17, 15) is 9.59 Å². The smallest absolute Gasteiger partial charge is 0.325 e. The number of ether oxygens (including phenoxy) is 2. The molecule has 0 aliphatic heterocycles. The Kier molecular flexibility index (Phi) is 6.88. The molecule has 80 valence electrons. The van der Waals surface area contributed by atoms with Gasteiger partial charge in [-0.25, -0.2) is 0 Å². The van der Waals surface area contributed by atoms with Gasteiger partial charge in [0.1, 0.15) is 5.38 Å². The molecular formula is C10H9ClO4. The molecule has 4 nitrogen and oxygen atoms in total. The van der Waals surface area contributed by atoms with Gasteiger partial charge in [-0.3, -0.25) is 9.59 Å². The van der Waals surface area contributed by atoms with E-state index in [0.29, 0.717) is 0 Å². The van der Waals surface area contributed by atoms with Crippen molar-refractivity contribution in [1.82, 2.24) is 0 Å². The first-order valence-corrected chi connectivity index (χ1v) is 4.38. The lowest BCUT2D eigenvalue weighted by Crippen LogP contribution is -2.22. The second-order valence-corrected chi connectivity index (χ2v) is 2.88. The molecule has 0 aromatic heterocycles. The molecule has 0 rings (SSSR count). The van der Waals surface area contributed by atoms with Gasteiger partial charge in [0.15, 0.2) is 13.2 Å². The van der Waals surface area contributed by atoms with Crippen molar-refractivity contribution < 1.29 is 19.1 Å². The van der Waals surface area contributed by atoms with Gasteiger partial charge in [0.25, 0.3) is 0 Å². The van der Waals surface area contributed by atoms with E-state index >= 15 is 0 Å². The van der Waals surface area contributed by atoms with Gasteiger partial charge < -0.3 is 9.47 Å². The average molecular weight is 229 g/mol. The van der Waals surface area contributed by atoms with E-state index < -0.39 is 17.3 Å². The Hall–Kier alpha value is -1.65. The highest BCUT2D eigenvalue weighted by molar-refractivity contribution is 6.30. The zero-order chi connectivity index (χ0) is 11.7. The molecule has 0 bridgehead atoms. The van der Waals surface area contributed by atoms with Gasteiger partial charge in [-0.15, -0.1) is 24.4 Å². The number of rotatable bonds is 5. The predicted octanol–water partition coefficient (Wildman–Crippen LogP) is 0.337. The fourth-order valence-corrected chi connectivity index (χ4v) is 0.803. The minimum Gasteiger partial charge on any atom is -0.452 e. The van der Waals surface area contributed by atoms with Gasteiger partial charge in [-0.1, -0.05) is 11.8 Å². The third-order valence-electron chi connectivity index (χ3n) is 1.22. The van der Waals surface area contributed by atoms with E-state index in [4.69, 9.17) is 24.4 Å². The largest absolute Gasteiger partial charge is 0.452 e. The minimum atomic E-state index is -1.11. The molecule has 0 radical (unpaired) electrons. The Morgan fingerprint density at radius 2 is 1.73 bits per heavy atom. The number of terminal acetylenes is 2. The number of halogens is 1. The number of carbonyl (C=O) groups is 2.